The minimum atomic E-state index is 0.567. The van der Waals surface area contributed by atoms with Crippen LogP contribution in [0.2, 0.25) is 0 Å². The van der Waals surface area contributed by atoms with Gasteiger partial charge in [-0.15, -0.1) is 0 Å². The molecule has 1 rings (SSSR count). The summed E-state index contributed by atoms with van der Waals surface area (Å²) in [5.41, 5.74) is 1.02. The number of pyridine rings is 1. The highest BCUT2D eigenvalue weighted by Gasteiger charge is 2.01. The van der Waals surface area contributed by atoms with Crippen LogP contribution in [0.5, 0.6) is 5.88 Å². The maximum Gasteiger partial charge on any atom is 0.212 e. The van der Waals surface area contributed by atoms with Gasteiger partial charge in [0.2, 0.25) is 5.88 Å². The molecular formula is C10H15N3O. The third-order valence-corrected chi connectivity index (χ3v) is 1.92. The second-order valence-electron chi connectivity index (χ2n) is 3.23. The third-order valence-electron chi connectivity index (χ3n) is 1.92. The number of likely N-dealkylation sites (N-methyl/N-ethyl adjacent to an activating group) is 1. The van der Waals surface area contributed by atoms with Gasteiger partial charge in [0, 0.05) is 32.8 Å². The van der Waals surface area contributed by atoms with Gasteiger partial charge in [0.15, 0.2) is 0 Å². The average Bonchev–Trinajstić information content (AvgIpc) is 2.19. The van der Waals surface area contributed by atoms with Gasteiger partial charge in [-0.2, -0.15) is 0 Å². The summed E-state index contributed by atoms with van der Waals surface area (Å²) in [6.07, 6.45) is 2.33. The minimum absolute atomic E-state index is 0.567. The van der Waals surface area contributed by atoms with Gasteiger partial charge in [-0.3, -0.25) is 5.41 Å². The number of nitrogens with one attached hydrogen (secondary N) is 1. The summed E-state index contributed by atoms with van der Waals surface area (Å²) in [7, 11) is 5.31. The Balaban J connectivity index is 2.64. The number of methoxy groups -OCH3 is 1. The van der Waals surface area contributed by atoms with Crippen molar-refractivity contribution in [3.63, 3.8) is 0 Å². The minimum Gasteiger partial charge on any atom is -0.481 e. The summed E-state index contributed by atoms with van der Waals surface area (Å²) in [4.78, 5) is 5.85. The number of nitrogens with zero attached hydrogens (tertiary/aromatic N) is 2. The Bertz CT molecular complexity index is 306. The molecule has 0 spiro atoms. The molecule has 76 valence electrons. The van der Waals surface area contributed by atoms with Crippen LogP contribution >= 0.6 is 0 Å². The molecule has 14 heavy (non-hydrogen) atoms. The van der Waals surface area contributed by atoms with E-state index in [-0.39, 0.29) is 0 Å². The maximum absolute atomic E-state index is 7.65. The van der Waals surface area contributed by atoms with Gasteiger partial charge in [-0.1, -0.05) is 6.07 Å². The monoisotopic (exact) mass is 193 g/mol. The molecule has 1 heterocycles. The van der Waals surface area contributed by atoms with Crippen LogP contribution < -0.4 is 4.74 Å². The molecule has 0 atom stereocenters. The summed E-state index contributed by atoms with van der Waals surface area (Å²) >= 11 is 0. The molecule has 0 aliphatic heterocycles. The fourth-order valence-electron chi connectivity index (χ4n) is 0.988. The average molecular weight is 193 g/mol. The lowest BCUT2D eigenvalue weighted by molar-refractivity contribution is 0.397. The van der Waals surface area contributed by atoms with Gasteiger partial charge in [0.25, 0.3) is 0 Å². The Hall–Kier alpha value is -1.58. The molecule has 0 unspecified atom stereocenters. The SMILES string of the molecule is COc1ccc(CC(=N)N(C)C)cn1. The van der Waals surface area contributed by atoms with Crippen LogP contribution in [-0.4, -0.2) is 36.9 Å². The standard InChI is InChI=1S/C10H15N3O/c1-13(2)9(11)6-8-4-5-10(14-3)12-7-8/h4-5,7,11H,6H2,1-3H3. The molecule has 0 radical (unpaired) electrons. The predicted octanol–water partition coefficient (Wildman–Crippen LogP) is 1.17. The van der Waals surface area contributed by atoms with Crippen molar-refractivity contribution in [1.29, 1.82) is 5.41 Å². The predicted molar refractivity (Wildman–Crippen MR) is 55.9 cm³/mol. The molecular weight excluding hydrogens is 178 g/mol. The molecule has 4 nitrogen and oxygen atoms in total. The Morgan fingerprint density at radius 1 is 1.50 bits per heavy atom. The van der Waals surface area contributed by atoms with E-state index in [0.717, 1.165) is 5.56 Å². The first-order valence-corrected chi connectivity index (χ1v) is 4.37. The first-order valence-electron chi connectivity index (χ1n) is 4.37. The lowest BCUT2D eigenvalue weighted by Crippen LogP contribution is -2.22. The van der Waals surface area contributed by atoms with Crippen LogP contribution in [0.1, 0.15) is 5.56 Å². The molecule has 0 aliphatic rings. The summed E-state index contributed by atoms with van der Waals surface area (Å²) in [6, 6.07) is 3.72. The van der Waals surface area contributed by atoms with Gasteiger partial charge in [0.1, 0.15) is 0 Å². The van der Waals surface area contributed by atoms with E-state index in [1.165, 1.54) is 0 Å². The molecule has 4 heteroatoms. The van der Waals surface area contributed by atoms with E-state index in [1.807, 2.05) is 20.2 Å². The largest absolute Gasteiger partial charge is 0.481 e. The van der Waals surface area contributed by atoms with Crippen molar-refractivity contribution in [1.82, 2.24) is 9.88 Å². The van der Waals surface area contributed by atoms with E-state index in [9.17, 15) is 0 Å². The first kappa shape index (κ1) is 10.5. The van der Waals surface area contributed by atoms with Crippen LogP contribution in [0, 0.1) is 5.41 Å². The molecule has 0 amide bonds. The summed E-state index contributed by atoms with van der Waals surface area (Å²) < 4.78 is 4.95. The highest BCUT2D eigenvalue weighted by atomic mass is 16.5. The molecule has 0 aromatic carbocycles. The van der Waals surface area contributed by atoms with Crippen LogP contribution in [0.4, 0.5) is 0 Å². The van der Waals surface area contributed by atoms with Gasteiger partial charge >= 0.3 is 0 Å². The fraction of sp³-hybridized carbons (Fsp3) is 0.400. The number of hydrogen-bond acceptors (Lipinski definition) is 3. The van der Waals surface area contributed by atoms with E-state index < -0.39 is 0 Å². The Labute approximate surface area is 84.0 Å². The molecule has 0 bridgehead atoms. The number of rotatable bonds is 3. The van der Waals surface area contributed by atoms with Crippen molar-refractivity contribution in [2.75, 3.05) is 21.2 Å². The van der Waals surface area contributed by atoms with Crippen molar-refractivity contribution < 1.29 is 4.74 Å². The summed E-state index contributed by atoms with van der Waals surface area (Å²) in [5.74, 6) is 1.17. The second-order valence-corrected chi connectivity index (χ2v) is 3.23. The van der Waals surface area contributed by atoms with Crippen molar-refractivity contribution >= 4 is 5.84 Å². The molecule has 0 fully saturated rings. The van der Waals surface area contributed by atoms with Crippen LogP contribution in [0.3, 0.4) is 0 Å². The number of ether oxygens (including phenoxy) is 1. The highest BCUT2D eigenvalue weighted by molar-refractivity contribution is 5.80. The van der Waals surface area contributed by atoms with E-state index in [0.29, 0.717) is 18.1 Å². The lowest BCUT2D eigenvalue weighted by Gasteiger charge is -2.13. The van der Waals surface area contributed by atoms with Crippen molar-refractivity contribution in [2.45, 2.75) is 6.42 Å². The highest BCUT2D eigenvalue weighted by Crippen LogP contribution is 2.07. The maximum atomic E-state index is 7.65. The molecule has 1 aromatic heterocycles. The third kappa shape index (κ3) is 2.73. The molecule has 0 saturated carbocycles. The first-order chi connectivity index (χ1) is 6.63. The Morgan fingerprint density at radius 2 is 2.21 bits per heavy atom. The summed E-state index contributed by atoms with van der Waals surface area (Å²) in [5, 5.41) is 7.65. The fourth-order valence-corrected chi connectivity index (χ4v) is 0.988. The molecule has 1 N–H and O–H groups in total. The topological polar surface area (TPSA) is 49.2 Å². The Kier molecular flexibility index (Phi) is 3.45. The lowest BCUT2D eigenvalue weighted by atomic mass is 10.2. The normalized spacial score (nSPS) is 9.64. The van der Waals surface area contributed by atoms with E-state index in [4.69, 9.17) is 10.1 Å². The van der Waals surface area contributed by atoms with Crippen molar-refractivity contribution in [3.05, 3.63) is 23.9 Å². The number of amidine groups is 1. The summed E-state index contributed by atoms with van der Waals surface area (Å²) in [6.45, 7) is 0. The zero-order valence-electron chi connectivity index (χ0n) is 8.74. The van der Waals surface area contributed by atoms with Crippen molar-refractivity contribution in [2.24, 2.45) is 0 Å². The molecule has 1 aromatic rings. The van der Waals surface area contributed by atoms with Crippen LogP contribution in [0.15, 0.2) is 18.3 Å². The van der Waals surface area contributed by atoms with E-state index >= 15 is 0 Å². The zero-order valence-corrected chi connectivity index (χ0v) is 8.74. The number of hydrogen-bond donors (Lipinski definition) is 1. The van der Waals surface area contributed by atoms with Gasteiger partial charge in [0.05, 0.1) is 12.9 Å². The molecule has 0 saturated heterocycles. The van der Waals surface area contributed by atoms with Crippen LogP contribution in [0.25, 0.3) is 0 Å². The van der Waals surface area contributed by atoms with E-state index in [1.54, 1.807) is 24.3 Å². The quantitative estimate of drug-likeness (QED) is 0.579. The van der Waals surface area contributed by atoms with Crippen molar-refractivity contribution in [3.8, 4) is 5.88 Å². The zero-order chi connectivity index (χ0) is 10.6. The number of aromatic nitrogens is 1. The Morgan fingerprint density at radius 3 is 2.64 bits per heavy atom. The van der Waals surface area contributed by atoms with Crippen LogP contribution in [-0.2, 0) is 6.42 Å². The van der Waals surface area contributed by atoms with Gasteiger partial charge in [-0.05, 0) is 5.56 Å². The van der Waals surface area contributed by atoms with Gasteiger partial charge < -0.3 is 9.64 Å². The smallest absolute Gasteiger partial charge is 0.212 e. The second kappa shape index (κ2) is 4.60. The van der Waals surface area contributed by atoms with Gasteiger partial charge in [-0.25, -0.2) is 4.98 Å². The molecule has 0 aliphatic carbocycles. The van der Waals surface area contributed by atoms with E-state index in [2.05, 4.69) is 4.98 Å².